The van der Waals surface area contributed by atoms with Crippen LogP contribution in [0.4, 0.5) is 0 Å². The maximum absolute atomic E-state index is 4.97. The van der Waals surface area contributed by atoms with Crippen LogP contribution < -0.4 is 0 Å². The van der Waals surface area contributed by atoms with Gasteiger partial charge >= 0.3 is 0 Å². The zero-order valence-corrected chi connectivity index (χ0v) is 18.6. The molecule has 0 bridgehead atoms. The molecule has 1 unspecified atom stereocenters. The third kappa shape index (κ3) is 10.3. The van der Waals surface area contributed by atoms with Crippen molar-refractivity contribution >= 4 is 28.3 Å². The molecule has 1 aromatic heterocycles. The standard InChI is InChI=1S/C15H25N.C5H11NS2/c1-14(2,3)11-13(15(4,5)6)12-7-9-16-10-8-12;1-4-8-5(7)6(2)3/h7-10,13H,11H2,1-6H3;4H2,1-3H3. The first-order valence-electron chi connectivity index (χ1n) is 8.62. The summed E-state index contributed by atoms with van der Waals surface area (Å²) < 4.78 is 0.965. The van der Waals surface area contributed by atoms with E-state index in [0.717, 1.165) is 10.1 Å². The van der Waals surface area contributed by atoms with Crippen LogP contribution in [-0.4, -0.2) is 34.1 Å². The van der Waals surface area contributed by atoms with Gasteiger partial charge in [0.05, 0.1) is 0 Å². The second-order valence-electron chi connectivity index (χ2n) is 8.56. The number of rotatable bonds is 3. The molecule has 0 saturated carbocycles. The summed E-state index contributed by atoms with van der Waals surface area (Å²) in [7, 11) is 3.93. The fraction of sp³-hybridized carbons (Fsp3) is 0.700. The van der Waals surface area contributed by atoms with Gasteiger partial charge in [0.15, 0.2) is 0 Å². The average Bonchev–Trinajstić information content (AvgIpc) is 2.44. The number of aromatic nitrogens is 1. The Bertz CT molecular complexity index is 471. The number of pyridine rings is 1. The molecule has 4 heteroatoms. The highest BCUT2D eigenvalue weighted by Crippen LogP contribution is 2.42. The van der Waals surface area contributed by atoms with Crippen molar-refractivity contribution in [3.8, 4) is 0 Å². The number of nitrogens with zero attached hydrogens (tertiary/aromatic N) is 2. The SMILES string of the molecule is CC(C)(C)CC(c1ccncc1)C(C)(C)C.CCSC(=S)N(C)C. The van der Waals surface area contributed by atoms with E-state index >= 15 is 0 Å². The van der Waals surface area contributed by atoms with E-state index in [1.807, 2.05) is 31.4 Å². The molecule has 0 aliphatic rings. The summed E-state index contributed by atoms with van der Waals surface area (Å²) in [6, 6.07) is 4.31. The molecule has 0 aliphatic heterocycles. The molecule has 0 amide bonds. The molecule has 0 N–H and O–H groups in total. The molecule has 0 aromatic carbocycles. The van der Waals surface area contributed by atoms with Gasteiger partial charge in [-0.1, -0.05) is 72.4 Å². The minimum Gasteiger partial charge on any atom is -0.364 e. The number of hydrogen-bond donors (Lipinski definition) is 0. The predicted molar refractivity (Wildman–Crippen MR) is 115 cm³/mol. The molecule has 1 heterocycles. The van der Waals surface area contributed by atoms with E-state index in [1.165, 1.54) is 12.0 Å². The van der Waals surface area contributed by atoms with Gasteiger partial charge in [0.2, 0.25) is 0 Å². The van der Waals surface area contributed by atoms with Crippen LogP contribution in [-0.2, 0) is 0 Å². The smallest absolute Gasteiger partial charge is 0.135 e. The van der Waals surface area contributed by atoms with Crippen LogP contribution >= 0.6 is 24.0 Å². The molecule has 138 valence electrons. The summed E-state index contributed by atoms with van der Waals surface area (Å²) >= 11 is 6.66. The highest BCUT2D eigenvalue weighted by atomic mass is 32.2. The molecule has 0 saturated heterocycles. The molecular formula is C20H36N2S2. The normalized spacial score (nSPS) is 12.9. The minimum atomic E-state index is 0.300. The van der Waals surface area contributed by atoms with Crippen LogP contribution in [0.15, 0.2) is 24.5 Å². The number of thiocarbonyl (C=S) groups is 1. The van der Waals surface area contributed by atoms with E-state index in [2.05, 4.69) is 65.6 Å². The predicted octanol–water partition coefficient (Wildman–Crippen LogP) is 6.23. The van der Waals surface area contributed by atoms with Crippen molar-refractivity contribution in [2.24, 2.45) is 10.8 Å². The zero-order chi connectivity index (χ0) is 19.0. The second kappa shape index (κ2) is 10.4. The Balaban J connectivity index is 0.000000561. The first kappa shape index (κ1) is 23.4. The van der Waals surface area contributed by atoms with Crippen LogP contribution in [0.5, 0.6) is 0 Å². The monoisotopic (exact) mass is 368 g/mol. The van der Waals surface area contributed by atoms with E-state index in [1.54, 1.807) is 11.8 Å². The maximum Gasteiger partial charge on any atom is 0.135 e. The third-order valence-corrected chi connectivity index (χ3v) is 5.22. The molecular weight excluding hydrogens is 332 g/mol. The second-order valence-corrected chi connectivity index (χ2v) is 10.5. The summed E-state index contributed by atoms with van der Waals surface area (Å²) in [5.41, 5.74) is 2.08. The van der Waals surface area contributed by atoms with Crippen molar-refractivity contribution in [1.29, 1.82) is 0 Å². The largest absolute Gasteiger partial charge is 0.364 e. The molecule has 0 fully saturated rings. The fourth-order valence-corrected chi connectivity index (χ4v) is 3.24. The van der Waals surface area contributed by atoms with Crippen LogP contribution in [0.3, 0.4) is 0 Å². The first-order valence-corrected chi connectivity index (χ1v) is 10.0. The van der Waals surface area contributed by atoms with Crippen LogP contribution in [0.25, 0.3) is 0 Å². The molecule has 1 rings (SSSR count). The van der Waals surface area contributed by atoms with Gasteiger partial charge in [0.25, 0.3) is 0 Å². The van der Waals surface area contributed by atoms with Gasteiger partial charge in [0.1, 0.15) is 4.32 Å². The topological polar surface area (TPSA) is 16.1 Å². The van der Waals surface area contributed by atoms with Crippen LogP contribution in [0, 0.1) is 10.8 Å². The molecule has 1 atom stereocenters. The number of thioether (sulfide) groups is 1. The Morgan fingerprint density at radius 3 is 1.92 bits per heavy atom. The van der Waals surface area contributed by atoms with Gasteiger partial charge in [-0.05, 0) is 46.6 Å². The Morgan fingerprint density at radius 2 is 1.62 bits per heavy atom. The quantitative estimate of drug-likeness (QED) is 0.587. The lowest BCUT2D eigenvalue weighted by Crippen LogP contribution is -2.23. The van der Waals surface area contributed by atoms with Gasteiger partial charge in [-0.3, -0.25) is 4.98 Å². The van der Waals surface area contributed by atoms with E-state index < -0.39 is 0 Å². The minimum absolute atomic E-state index is 0.300. The van der Waals surface area contributed by atoms with Gasteiger partial charge in [0, 0.05) is 26.5 Å². The molecule has 0 aliphatic carbocycles. The summed E-state index contributed by atoms with van der Waals surface area (Å²) in [6.45, 7) is 16.0. The van der Waals surface area contributed by atoms with Crippen molar-refractivity contribution in [3.63, 3.8) is 0 Å². The third-order valence-electron chi connectivity index (χ3n) is 3.60. The molecule has 1 aromatic rings. The Morgan fingerprint density at radius 1 is 1.12 bits per heavy atom. The summed E-state index contributed by atoms with van der Waals surface area (Å²) in [6.07, 6.45) is 5.01. The molecule has 24 heavy (non-hydrogen) atoms. The van der Waals surface area contributed by atoms with Crippen LogP contribution in [0.2, 0.25) is 0 Å². The highest BCUT2D eigenvalue weighted by Gasteiger charge is 2.30. The Kier molecular flexibility index (Phi) is 10.1. The lowest BCUT2D eigenvalue weighted by molar-refractivity contribution is 0.229. The summed E-state index contributed by atoms with van der Waals surface area (Å²) in [5.74, 6) is 1.66. The van der Waals surface area contributed by atoms with Crippen molar-refractivity contribution in [1.82, 2.24) is 9.88 Å². The van der Waals surface area contributed by atoms with E-state index in [-0.39, 0.29) is 0 Å². The van der Waals surface area contributed by atoms with Gasteiger partial charge in [-0.25, -0.2) is 0 Å². The number of hydrogen-bond acceptors (Lipinski definition) is 3. The Hall–Kier alpha value is -0.610. The molecule has 2 nitrogen and oxygen atoms in total. The van der Waals surface area contributed by atoms with E-state index in [4.69, 9.17) is 12.2 Å². The van der Waals surface area contributed by atoms with Gasteiger partial charge in [-0.2, -0.15) is 0 Å². The Labute approximate surface area is 159 Å². The van der Waals surface area contributed by atoms with Crippen molar-refractivity contribution in [3.05, 3.63) is 30.1 Å². The van der Waals surface area contributed by atoms with E-state index in [9.17, 15) is 0 Å². The maximum atomic E-state index is 4.97. The van der Waals surface area contributed by atoms with E-state index in [0.29, 0.717) is 16.7 Å². The van der Waals surface area contributed by atoms with Crippen molar-refractivity contribution in [2.45, 2.75) is 60.8 Å². The first-order chi connectivity index (χ1) is 10.9. The van der Waals surface area contributed by atoms with Crippen LogP contribution in [0.1, 0.15) is 66.4 Å². The van der Waals surface area contributed by atoms with Gasteiger partial charge < -0.3 is 4.90 Å². The molecule has 0 radical (unpaired) electrons. The lowest BCUT2D eigenvalue weighted by atomic mass is 9.69. The van der Waals surface area contributed by atoms with Crippen molar-refractivity contribution in [2.75, 3.05) is 19.8 Å². The zero-order valence-electron chi connectivity index (χ0n) is 17.0. The highest BCUT2D eigenvalue weighted by molar-refractivity contribution is 8.22. The lowest BCUT2D eigenvalue weighted by Gasteiger charge is -2.36. The molecule has 0 spiro atoms. The summed E-state index contributed by atoms with van der Waals surface area (Å²) in [4.78, 5) is 6.05. The average molecular weight is 369 g/mol. The van der Waals surface area contributed by atoms with Crippen molar-refractivity contribution < 1.29 is 0 Å². The summed E-state index contributed by atoms with van der Waals surface area (Å²) in [5, 5.41) is 0. The fourth-order valence-electron chi connectivity index (χ4n) is 2.38. The van der Waals surface area contributed by atoms with Gasteiger partial charge in [-0.15, -0.1) is 0 Å².